The quantitative estimate of drug-likeness (QED) is 0.673. The molecule has 0 spiro atoms. The van der Waals surface area contributed by atoms with Crippen molar-refractivity contribution >= 4 is 27.9 Å². The Morgan fingerprint density at radius 1 is 1.37 bits per heavy atom. The molecule has 2 aromatic heterocycles. The molecule has 0 radical (unpaired) electrons. The second-order valence-electron chi connectivity index (χ2n) is 4.11. The predicted molar refractivity (Wildman–Crippen MR) is 69.7 cm³/mol. The lowest BCUT2D eigenvalue weighted by molar-refractivity contribution is 0.0600. The molecule has 5 nitrogen and oxygen atoms in total. The number of methoxy groups -OCH3 is 1. The summed E-state index contributed by atoms with van der Waals surface area (Å²) in [4.78, 5) is 18.9. The van der Waals surface area contributed by atoms with Crippen LogP contribution in [0.5, 0.6) is 0 Å². The van der Waals surface area contributed by atoms with E-state index in [1.807, 2.05) is 6.07 Å². The van der Waals surface area contributed by atoms with Gasteiger partial charge in [-0.25, -0.2) is 9.78 Å². The molecule has 0 saturated heterocycles. The molecule has 0 fully saturated rings. The van der Waals surface area contributed by atoms with Gasteiger partial charge in [0.25, 0.3) is 0 Å². The minimum absolute atomic E-state index is 0.387. The number of esters is 1. The van der Waals surface area contributed by atoms with Crippen molar-refractivity contribution in [3.8, 4) is 6.07 Å². The first kappa shape index (κ1) is 11.2. The third-order valence-electron chi connectivity index (χ3n) is 3.00. The van der Waals surface area contributed by atoms with Gasteiger partial charge in [-0.05, 0) is 24.3 Å². The highest BCUT2D eigenvalue weighted by molar-refractivity contribution is 6.08. The summed E-state index contributed by atoms with van der Waals surface area (Å²) in [5.41, 5.74) is 2.51. The van der Waals surface area contributed by atoms with E-state index < -0.39 is 5.97 Å². The Morgan fingerprint density at radius 2 is 2.21 bits per heavy atom. The van der Waals surface area contributed by atoms with Gasteiger partial charge in [-0.3, -0.25) is 0 Å². The van der Waals surface area contributed by atoms with Crippen LogP contribution in [0.3, 0.4) is 0 Å². The van der Waals surface area contributed by atoms with Crippen molar-refractivity contribution in [2.45, 2.75) is 0 Å². The summed E-state index contributed by atoms with van der Waals surface area (Å²) in [5, 5.41) is 10.6. The SMILES string of the molecule is COC(=O)c1cnc2[nH]c3ccc(C#N)cc3c2c1. The fourth-order valence-electron chi connectivity index (χ4n) is 2.07. The topological polar surface area (TPSA) is 78.8 Å². The Kier molecular flexibility index (Phi) is 2.43. The number of aromatic nitrogens is 2. The van der Waals surface area contributed by atoms with Crippen LogP contribution in [0.4, 0.5) is 0 Å². The van der Waals surface area contributed by atoms with E-state index in [0.29, 0.717) is 16.8 Å². The number of carbonyl (C=O) groups is 1. The van der Waals surface area contributed by atoms with Crippen LogP contribution in [0.2, 0.25) is 0 Å². The van der Waals surface area contributed by atoms with Crippen LogP contribution < -0.4 is 0 Å². The number of aromatic amines is 1. The van der Waals surface area contributed by atoms with Crippen LogP contribution >= 0.6 is 0 Å². The van der Waals surface area contributed by atoms with Gasteiger partial charge in [-0.15, -0.1) is 0 Å². The first-order chi connectivity index (χ1) is 9.22. The fourth-order valence-corrected chi connectivity index (χ4v) is 2.07. The number of H-pyrrole nitrogens is 1. The van der Waals surface area contributed by atoms with Gasteiger partial charge in [-0.1, -0.05) is 0 Å². The zero-order chi connectivity index (χ0) is 13.4. The third-order valence-corrected chi connectivity index (χ3v) is 3.00. The molecule has 0 unspecified atom stereocenters. The van der Waals surface area contributed by atoms with E-state index >= 15 is 0 Å². The number of nitrogens with one attached hydrogen (secondary N) is 1. The van der Waals surface area contributed by atoms with Gasteiger partial charge in [-0.2, -0.15) is 5.26 Å². The molecule has 19 heavy (non-hydrogen) atoms. The molecule has 0 aliphatic carbocycles. The van der Waals surface area contributed by atoms with E-state index in [9.17, 15) is 4.79 Å². The highest BCUT2D eigenvalue weighted by Gasteiger charge is 2.11. The Morgan fingerprint density at radius 3 is 2.95 bits per heavy atom. The minimum Gasteiger partial charge on any atom is -0.465 e. The van der Waals surface area contributed by atoms with Gasteiger partial charge in [0.1, 0.15) is 5.65 Å². The molecule has 0 saturated carbocycles. The van der Waals surface area contributed by atoms with Crippen LogP contribution in [0.1, 0.15) is 15.9 Å². The first-order valence-electron chi connectivity index (χ1n) is 5.63. The van der Waals surface area contributed by atoms with E-state index in [1.165, 1.54) is 13.3 Å². The smallest absolute Gasteiger partial charge is 0.339 e. The van der Waals surface area contributed by atoms with Crippen molar-refractivity contribution in [2.24, 2.45) is 0 Å². The Bertz CT molecular complexity index is 843. The molecule has 0 amide bonds. The van der Waals surface area contributed by atoms with Crippen LogP contribution in [0.15, 0.2) is 30.5 Å². The van der Waals surface area contributed by atoms with Gasteiger partial charge in [0.15, 0.2) is 0 Å². The maximum atomic E-state index is 11.5. The summed E-state index contributed by atoms with van der Waals surface area (Å²) < 4.78 is 4.68. The number of hydrogen-bond acceptors (Lipinski definition) is 4. The monoisotopic (exact) mass is 251 g/mol. The van der Waals surface area contributed by atoms with Crippen molar-refractivity contribution < 1.29 is 9.53 Å². The normalized spacial score (nSPS) is 10.5. The molecular formula is C14H9N3O2. The van der Waals surface area contributed by atoms with Crippen LogP contribution in [0.25, 0.3) is 21.9 Å². The number of ether oxygens (including phenoxy) is 1. The van der Waals surface area contributed by atoms with Crippen LogP contribution in [-0.4, -0.2) is 23.0 Å². The summed E-state index contributed by atoms with van der Waals surface area (Å²) in [6.07, 6.45) is 1.47. The lowest BCUT2D eigenvalue weighted by Gasteiger charge is -1.98. The van der Waals surface area contributed by atoms with Crippen molar-refractivity contribution in [1.82, 2.24) is 9.97 Å². The second kappa shape index (κ2) is 4.10. The molecule has 1 N–H and O–H groups in total. The number of carbonyl (C=O) groups excluding carboxylic acids is 1. The fraction of sp³-hybridized carbons (Fsp3) is 0.0714. The average Bonchev–Trinajstić information content (AvgIpc) is 2.83. The molecule has 0 atom stereocenters. The summed E-state index contributed by atoms with van der Waals surface area (Å²) in [7, 11) is 1.33. The standard InChI is InChI=1S/C14H9N3O2/c1-19-14(18)9-5-11-10-4-8(6-15)2-3-12(10)17-13(11)16-7-9/h2-5,7H,1H3,(H,16,17). The number of nitriles is 1. The Labute approximate surface area is 108 Å². The number of nitrogens with zero attached hydrogens (tertiary/aromatic N) is 2. The van der Waals surface area contributed by atoms with Crippen LogP contribution in [-0.2, 0) is 4.74 Å². The molecule has 0 bridgehead atoms. The van der Waals surface area contributed by atoms with Crippen LogP contribution in [0, 0.1) is 11.3 Å². The molecule has 92 valence electrons. The lowest BCUT2D eigenvalue weighted by atomic mass is 10.1. The van der Waals surface area contributed by atoms with Gasteiger partial charge in [0.05, 0.1) is 24.3 Å². The Hall–Kier alpha value is -2.87. The van der Waals surface area contributed by atoms with E-state index in [-0.39, 0.29) is 0 Å². The Balaban J connectivity index is 2.33. The molecule has 3 aromatic rings. The molecular weight excluding hydrogens is 242 g/mol. The predicted octanol–water partition coefficient (Wildman–Crippen LogP) is 2.37. The maximum Gasteiger partial charge on any atom is 0.339 e. The lowest BCUT2D eigenvalue weighted by Crippen LogP contribution is -2.01. The largest absolute Gasteiger partial charge is 0.465 e. The van der Waals surface area contributed by atoms with Crippen molar-refractivity contribution in [3.63, 3.8) is 0 Å². The molecule has 3 rings (SSSR count). The summed E-state index contributed by atoms with van der Waals surface area (Å²) >= 11 is 0. The van der Waals surface area contributed by atoms with E-state index in [4.69, 9.17) is 5.26 Å². The number of rotatable bonds is 1. The summed E-state index contributed by atoms with van der Waals surface area (Å²) in [6.45, 7) is 0. The van der Waals surface area contributed by atoms with Crippen molar-refractivity contribution in [3.05, 3.63) is 41.6 Å². The van der Waals surface area contributed by atoms with Gasteiger partial charge in [0.2, 0.25) is 0 Å². The molecule has 0 aliphatic rings. The molecule has 1 aromatic carbocycles. The summed E-state index contributed by atoms with van der Waals surface area (Å²) in [6, 6.07) is 9.15. The second-order valence-corrected chi connectivity index (χ2v) is 4.11. The third kappa shape index (κ3) is 1.70. The molecule has 2 heterocycles. The van der Waals surface area contributed by atoms with Gasteiger partial charge in [0, 0.05) is 22.5 Å². The van der Waals surface area contributed by atoms with E-state index in [2.05, 4.69) is 20.8 Å². The van der Waals surface area contributed by atoms with Crippen molar-refractivity contribution in [2.75, 3.05) is 7.11 Å². The zero-order valence-corrected chi connectivity index (χ0v) is 10.1. The molecule has 0 aliphatic heterocycles. The highest BCUT2D eigenvalue weighted by atomic mass is 16.5. The number of hydrogen-bond donors (Lipinski definition) is 1. The zero-order valence-electron chi connectivity index (χ0n) is 10.1. The van der Waals surface area contributed by atoms with E-state index in [0.717, 1.165) is 16.3 Å². The number of pyridine rings is 1. The summed E-state index contributed by atoms with van der Waals surface area (Å²) in [5.74, 6) is -0.430. The maximum absolute atomic E-state index is 11.5. The van der Waals surface area contributed by atoms with Gasteiger partial charge < -0.3 is 9.72 Å². The average molecular weight is 251 g/mol. The highest BCUT2D eigenvalue weighted by Crippen LogP contribution is 2.25. The first-order valence-corrected chi connectivity index (χ1v) is 5.63. The molecule has 5 heteroatoms. The number of fused-ring (bicyclic) bond motifs is 3. The van der Waals surface area contributed by atoms with E-state index in [1.54, 1.807) is 18.2 Å². The van der Waals surface area contributed by atoms with Crippen molar-refractivity contribution in [1.29, 1.82) is 5.26 Å². The van der Waals surface area contributed by atoms with Gasteiger partial charge >= 0.3 is 5.97 Å². The number of benzene rings is 1. The minimum atomic E-state index is -0.430.